The molecule has 0 saturated heterocycles. The fourth-order valence-corrected chi connectivity index (χ4v) is 2.38. The lowest BCUT2D eigenvalue weighted by Gasteiger charge is -2.09. The molecule has 0 aliphatic carbocycles. The van der Waals surface area contributed by atoms with Crippen molar-refractivity contribution in [3.63, 3.8) is 0 Å². The van der Waals surface area contributed by atoms with Gasteiger partial charge in [-0.1, -0.05) is 0 Å². The third-order valence-electron chi connectivity index (χ3n) is 3.76. The first-order chi connectivity index (χ1) is 13.3. The molecule has 0 atom stereocenters. The Labute approximate surface area is 155 Å². The molecule has 0 amide bonds. The lowest BCUT2D eigenvalue weighted by molar-refractivity contribution is 0.0696. The maximum atomic E-state index is 13.1. The molecule has 1 aromatic heterocycles. The van der Waals surface area contributed by atoms with Crippen LogP contribution in [-0.4, -0.2) is 37.1 Å². The summed E-state index contributed by atoms with van der Waals surface area (Å²) in [5.41, 5.74) is -2.41. The molecular weight excluding hydrogens is 373 g/mol. The van der Waals surface area contributed by atoms with E-state index < -0.39 is 40.2 Å². The molecule has 10 heteroatoms. The van der Waals surface area contributed by atoms with Gasteiger partial charge >= 0.3 is 11.7 Å². The van der Waals surface area contributed by atoms with Gasteiger partial charge in [0.25, 0.3) is 5.56 Å². The van der Waals surface area contributed by atoms with Gasteiger partial charge in [0.15, 0.2) is 0 Å². The van der Waals surface area contributed by atoms with Crippen LogP contribution >= 0.6 is 0 Å². The molecule has 0 bridgehead atoms. The summed E-state index contributed by atoms with van der Waals surface area (Å²) < 4.78 is 13.8. The number of carboxylic acid groups (broad SMARTS) is 1. The first-order valence-electron chi connectivity index (χ1n) is 7.72. The van der Waals surface area contributed by atoms with Crippen LogP contribution < -0.4 is 11.2 Å². The van der Waals surface area contributed by atoms with Gasteiger partial charge in [-0.05, 0) is 42.5 Å². The molecule has 0 radical (unpaired) electrons. The Morgan fingerprint density at radius 1 is 1.11 bits per heavy atom. The Morgan fingerprint density at radius 2 is 1.79 bits per heavy atom. The molecule has 142 valence electrons. The fraction of sp³-hybridized carbons (Fsp3) is 0. The molecule has 2 aromatic carbocycles. The lowest BCUT2D eigenvalue weighted by atomic mass is 10.2. The van der Waals surface area contributed by atoms with Crippen LogP contribution in [0.2, 0.25) is 0 Å². The van der Waals surface area contributed by atoms with Gasteiger partial charge in [-0.25, -0.2) is 18.5 Å². The van der Waals surface area contributed by atoms with Gasteiger partial charge in [0.1, 0.15) is 22.8 Å². The van der Waals surface area contributed by atoms with Gasteiger partial charge in [0.05, 0.1) is 11.3 Å². The summed E-state index contributed by atoms with van der Waals surface area (Å²) in [6.07, 6.45) is 0.906. The number of halogens is 1. The van der Waals surface area contributed by atoms with Crippen molar-refractivity contribution in [2.75, 3.05) is 0 Å². The van der Waals surface area contributed by atoms with Gasteiger partial charge in [0, 0.05) is 6.21 Å². The van der Waals surface area contributed by atoms with Crippen molar-refractivity contribution < 1.29 is 24.5 Å². The van der Waals surface area contributed by atoms with Crippen LogP contribution in [0, 0.1) is 5.82 Å². The van der Waals surface area contributed by atoms with Crippen LogP contribution in [0.3, 0.4) is 0 Å². The van der Waals surface area contributed by atoms with Crippen molar-refractivity contribution in [2.45, 2.75) is 0 Å². The molecule has 28 heavy (non-hydrogen) atoms. The highest BCUT2D eigenvalue weighted by atomic mass is 19.1. The highest BCUT2D eigenvalue weighted by molar-refractivity contribution is 5.90. The standard InChI is InChI=1S/C18H12FN3O6/c19-10-2-4-11(5-3-10)22-16(25)12(15(24)21-18(22)28)8-20-13-6-1-9(17(26)27)7-14(13)23/h1-8,23,25H,(H,26,27)(H,21,24,28). The fourth-order valence-electron chi connectivity index (χ4n) is 2.38. The topological polar surface area (TPSA) is 145 Å². The molecule has 0 aliphatic rings. The van der Waals surface area contributed by atoms with E-state index in [1.807, 2.05) is 4.98 Å². The van der Waals surface area contributed by atoms with Gasteiger partial charge < -0.3 is 15.3 Å². The van der Waals surface area contributed by atoms with Crippen LogP contribution in [0.25, 0.3) is 5.69 Å². The Morgan fingerprint density at radius 3 is 2.39 bits per heavy atom. The first kappa shape index (κ1) is 18.6. The van der Waals surface area contributed by atoms with E-state index in [0.29, 0.717) is 0 Å². The lowest BCUT2D eigenvalue weighted by Crippen LogP contribution is -2.31. The minimum absolute atomic E-state index is 0.0664. The largest absolute Gasteiger partial charge is 0.506 e. The van der Waals surface area contributed by atoms with E-state index in [1.165, 1.54) is 24.3 Å². The van der Waals surface area contributed by atoms with Gasteiger partial charge in [-0.15, -0.1) is 0 Å². The zero-order valence-corrected chi connectivity index (χ0v) is 14.0. The quantitative estimate of drug-likeness (QED) is 0.501. The smallest absolute Gasteiger partial charge is 0.335 e. The Hall–Kier alpha value is -4.21. The number of carboxylic acids is 1. The van der Waals surface area contributed by atoms with E-state index in [9.17, 15) is 29.0 Å². The number of H-pyrrole nitrogens is 1. The molecule has 0 saturated carbocycles. The van der Waals surface area contributed by atoms with E-state index in [0.717, 1.165) is 29.0 Å². The van der Waals surface area contributed by atoms with E-state index in [4.69, 9.17) is 5.11 Å². The van der Waals surface area contributed by atoms with Crippen molar-refractivity contribution in [3.8, 4) is 17.3 Å². The average Bonchev–Trinajstić information content (AvgIpc) is 2.63. The number of aliphatic imine (C=N–C) groups is 1. The van der Waals surface area contributed by atoms with Crippen LogP contribution in [0.1, 0.15) is 15.9 Å². The van der Waals surface area contributed by atoms with Crippen LogP contribution in [-0.2, 0) is 0 Å². The molecule has 3 rings (SSSR count). The Balaban J connectivity index is 2.08. The summed E-state index contributed by atoms with van der Waals surface area (Å²) in [6.45, 7) is 0. The number of hydrogen-bond acceptors (Lipinski definition) is 6. The highest BCUT2D eigenvalue weighted by Crippen LogP contribution is 2.27. The van der Waals surface area contributed by atoms with E-state index in [2.05, 4.69) is 4.99 Å². The molecule has 9 nitrogen and oxygen atoms in total. The third kappa shape index (κ3) is 3.51. The molecule has 3 aromatic rings. The number of aromatic carboxylic acids is 1. The molecule has 1 heterocycles. The molecule has 0 aliphatic heterocycles. The predicted octanol–water partition coefficient (Wildman–Crippen LogP) is 1.52. The number of nitrogens with zero attached hydrogens (tertiary/aromatic N) is 2. The first-order valence-corrected chi connectivity index (χ1v) is 7.72. The molecule has 4 N–H and O–H groups in total. The summed E-state index contributed by atoms with van der Waals surface area (Å²) in [6, 6.07) is 7.97. The number of aromatic amines is 1. The molecule has 0 fully saturated rings. The van der Waals surface area contributed by atoms with E-state index in [-0.39, 0.29) is 16.9 Å². The monoisotopic (exact) mass is 385 g/mol. The van der Waals surface area contributed by atoms with Crippen molar-refractivity contribution in [2.24, 2.45) is 4.99 Å². The number of rotatable bonds is 4. The normalized spacial score (nSPS) is 11.0. The second-order valence-electron chi connectivity index (χ2n) is 5.58. The summed E-state index contributed by atoms with van der Waals surface area (Å²) in [4.78, 5) is 40.8. The van der Waals surface area contributed by atoms with Crippen LogP contribution in [0.15, 0.2) is 57.0 Å². The zero-order chi connectivity index (χ0) is 20.4. The van der Waals surface area contributed by atoms with Crippen molar-refractivity contribution in [1.82, 2.24) is 9.55 Å². The summed E-state index contributed by atoms with van der Waals surface area (Å²) in [7, 11) is 0. The van der Waals surface area contributed by atoms with Gasteiger partial charge in [-0.2, -0.15) is 0 Å². The Bertz CT molecular complexity index is 1210. The van der Waals surface area contributed by atoms with E-state index in [1.54, 1.807) is 0 Å². The number of hydrogen-bond donors (Lipinski definition) is 4. The van der Waals surface area contributed by atoms with Gasteiger partial charge in [-0.3, -0.25) is 14.8 Å². The van der Waals surface area contributed by atoms with Crippen molar-refractivity contribution in [1.29, 1.82) is 0 Å². The number of phenols is 1. The second-order valence-corrected chi connectivity index (χ2v) is 5.58. The predicted molar refractivity (Wildman–Crippen MR) is 96.6 cm³/mol. The Kier molecular flexibility index (Phi) is 4.77. The van der Waals surface area contributed by atoms with Gasteiger partial charge in [0.2, 0.25) is 5.88 Å². The summed E-state index contributed by atoms with van der Waals surface area (Å²) in [5.74, 6) is -3.00. The number of aromatic hydroxyl groups is 2. The minimum atomic E-state index is -1.24. The second kappa shape index (κ2) is 7.19. The van der Waals surface area contributed by atoms with Crippen molar-refractivity contribution in [3.05, 3.63) is 80.2 Å². The average molecular weight is 385 g/mol. The number of nitrogens with one attached hydrogen (secondary N) is 1. The molecule has 0 unspecified atom stereocenters. The van der Waals surface area contributed by atoms with Crippen molar-refractivity contribution >= 4 is 17.9 Å². The number of phenolic OH excluding ortho intramolecular Hbond substituents is 1. The highest BCUT2D eigenvalue weighted by Gasteiger charge is 2.15. The molecular formula is C18H12FN3O6. The maximum absolute atomic E-state index is 13.1. The summed E-state index contributed by atoms with van der Waals surface area (Å²) in [5, 5.41) is 29.1. The zero-order valence-electron chi connectivity index (χ0n) is 14.0. The third-order valence-corrected chi connectivity index (χ3v) is 3.76. The number of aromatic nitrogens is 2. The van der Waals surface area contributed by atoms with E-state index >= 15 is 0 Å². The summed E-state index contributed by atoms with van der Waals surface area (Å²) >= 11 is 0. The number of benzene rings is 2. The minimum Gasteiger partial charge on any atom is -0.506 e. The maximum Gasteiger partial charge on any atom is 0.335 e. The SMILES string of the molecule is O=C(O)c1ccc(N=Cc2c(O)n(-c3ccc(F)cc3)c(=O)[nH]c2=O)c(O)c1. The van der Waals surface area contributed by atoms with Crippen LogP contribution in [0.4, 0.5) is 10.1 Å². The molecule has 0 spiro atoms. The number of carbonyl (C=O) groups is 1. The van der Waals surface area contributed by atoms with Crippen LogP contribution in [0.5, 0.6) is 11.6 Å².